The summed E-state index contributed by atoms with van der Waals surface area (Å²) < 4.78 is 0. The van der Waals surface area contributed by atoms with Gasteiger partial charge in [0.25, 0.3) is 0 Å². The van der Waals surface area contributed by atoms with Crippen molar-refractivity contribution in [2.45, 2.75) is 32.3 Å². The molecule has 0 fully saturated rings. The van der Waals surface area contributed by atoms with Gasteiger partial charge in [-0.05, 0) is 23.1 Å². The van der Waals surface area contributed by atoms with E-state index in [1.807, 2.05) is 12.1 Å². The van der Waals surface area contributed by atoms with Gasteiger partial charge in [0.2, 0.25) is 0 Å². The Kier molecular flexibility index (Phi) is 4.33. The number of nitrogens with one attached hydrogen (secondary N) is 1. The lowest BCUT2D eigenvalue weighted by atomic mass is 9.87. The fourth-order valence-corrected chi connectivity index (χ4v) is 1.39. The molecule has 3 N–H and O–H groups in total. The Balaban J connectivity index is 2.58. The topological polar surface area (TPSA) is 52.5 Å². The molecule has 0 aliphatic heterocycles. The smallest absolute Gasteiger partial charge is 0.0942 e. The molecule has 0 radical (unpaired) electrons. The lowest BCUT2D eigenvalue weighted by molar-refractivity contribution is 0.105. The van der Waals surface area contributed by atoms with Crippen LogP contribution in [0.5, 0.6) is 0 Å². The molecule has 0 amide bonds. The first-order valence-corrected chi connectivity index (χ1v) is 5.57. The molecule has 0 aliphatic carbocycles. The molecule has 0 spiro atoms. The van der Waals surface area contributed by atoms with Crippen LogP contribution >= 0.6 is 0 Å². The second-order valence-corrected chi connectivity index (χ2v) is 5.04. The van der Waals surface area contributed by atoms with E-state index in [-0.39, 0.29) is 12.0 Å². The van der Waals surface area contributed by atoms with E-state index < -0.39 is 6.10 Å². The first-order chi connectivity index (χ1) is 7.43. The van der Waals surface area contributed by atoms with Crippen molar-refractivity contribution in [2.75, 3.05) is 18.5 Å². The maximum Gasteiger partial charge on any atom is 0.0942 e. The van der Waals surface area contributed by atoms with Gasteiger partial charge in [-0.2, -0.15) is 0 Å². The predicted molar refractivity (Wildman–Crippen MR) is 66.7 cm³/mol. The Morgan fingerprint density at radius 1 is 1.19 bits per heavy atom. The molecule has 16 heavy (non-hydrogen) atoms. The first-order valence-electron chi connectivity index (χ1n) is 5.57. The molecule has 3 heteroatoms. The fourth-order valence-electron chi connectivity index (χ4n) is 1.39. The van der Waals surface area contributed by atoms with Gasteiger partial charge < -0.3 is 15.5 Å². The molecular weight excluding hydrogens is 202 g/mol. The molecule has 1 rings (SSSR count). The first kappa shape index (κ1) is 13.0. The van der Waals surface area contributed by atoms with Gasteiger partial charge in [0.1, 0.15) is 0 Å². The highest BCUT2D eigenvalue weighted by atomic mass is 16.3. The van der Waals surface area contributed by atoms with Crippen molar-refractivity contribution in [1.82, 2.24) is 0 Å². The van der Waals surface area contributed by atoms with Crippen LogP contribution in [0.15, 0.2) is 24.3 Å². The van der Waals surface area contributed by atoms with Crippen LogP contribution in [-0.2, 0) is 5.41 Å². The third kappa shape index (κ3) is 3.83. The highest BCUT2D eigenvalue weighted by Gasteiger charge is 2.12. The Hall–Kier alpha value is -1.06. The average Bonchev–Trinajstić information content (AvgIpc) is 2.25. The van der Waals surface area contributed by atoms with E-state index in [0.29, 0.717) is 6.54 Å². The van der Waals surface area contributed by atoms with Crippen molar-refractivity contribution in [3.8, 4) is 0 Å². The predicted octanol–water partition coefficient (Wildman–Crippen LogP) is 1.75. The van der Waals surface area contributed by atoms with Gasteiger partial charge in [0, 0.05) is 12.2 Å². The molecule has 1 atom stereocenters. The molecule has 0 unspecified atom stereocenters. The summed E-state index contributed by atoms with van der Waals surface area (Å²) >= 11 is 0. The maximum absolute atomic E-state index is 9.19. The zero-order valence-electron chi connectivity index (χ0n) is 10.2. The summed E-state index contributed by atoms with van der Waals surface area (Å²) in [5.41, 5.74) is 2.39. The lowest BCUT2D eigenvalue weighted by Crippen LogP contribution is -2.23. The fraction of sp³-hybridized carbons (Fsp3) is 0.538. The number of aliphatic hydroxyl groups is 2. The van der Waals surface area contributed by atoms with E-state index in [0.717, 1.165) is 5.69 Å². The standard InChI is InChI=1S/C13H21NO2/c1-13(2,3)10-4-6-11(7-5-10)14-8-12(16)9-15/h4-7,12,14-16H,8-9H2,1-3H3/t12-/m0/s1. The quantitative estimate of drug-likeness (QED) is 0.729. The minimum atomic E-state index is -0.706. The Morgan fingerprint density at radius 3 is 2.19 bits per heavy atom. The summed E-state index contributed by atoms with van der Waals surface area (Å²) in [4.78, 5) is 0. The number of aliphatic hydroxyl groups excluding tert-OH is 2. The molecule has 3 nitrogen and oxygen atoms in total. The molecule has 1 aromatic rings. The summed E-state index contributed by atoms with van der Waals surface area (Å²) in [5.74, 6) is 0. The molecule has 0 aromatic heterocycles. The molecular formula is C13H21NO2. The van der Waals surface area contributed by atoms with Crippen molar-refractivity contribution < 1.29 is 10.2 Å². The molecule has 0 aliphatic rings. The SMILES string of the molecule is CC(C)(C)c1ccc(NC[C@H](O)CO)cc1. The molecule has 1 aromatic carbocycles. The number of rotatable bonds is 4. The van der Waals surface area contributed by atoms with Crippen LogP contribution in [0.1, 0.15) is 26.3 Å². The van der Waals surface area contributed by atoms with Gasteiger partial charge in [-0.15, -0.1) is 0 Å². The summed E-state index contributed by atoms with van der Waals surface area (Å²) in [6.45, 7) is 6.67. The number of benzene rings is 1. The van der Waals surface area contributed by atoms with Gasteiger partial charge in [-0.1, -0.05) is 32.9 Å². The van der Waals surface area contributed by atoms with E-state index in [2.05, 4.69) is 38.2 Å². The summed E-state index contributed by atoms with van der Waals surface area (Å²) in [7, 11) is 0. The monoisotopic (exact) mass is 223 g/mol. The minimum Gasteiger partial charge on any atom is -0.394 e. The van der Waals surface area contributed by atoms with Crippen LogP contribution in [0.2, 0.25) is 0 Å². The Labute approximate surface area is 97.1 Å². The minimum absolute atomic E-state index is 0.156. The van der Waals surface area contributed by atoms with Crippen molar-refractivity contribution in [1.29, 1.82) is 0 Å². The Bertz CT molecular complexity index is 314. The largest absolute Gasteiger partial charge is 0.394 e. The number of hydrogen-bond acceptors (Lipinski definition) is 3. The van der Waals surface area contributed by atoms with Crippen molar-refractivity contribution >= 4 is 5.69 Å². The molecule has 0 heterocycles. The zero-order valence-corrected chi connectivity index (χ0v) is 10.2. The van der Waals surface area contributed by atoms with Gasteiger partial charge in [0.15, 0.2) is 0 Å². The van der Waals surface area contributed by atoms with Crippen LogP contribution in [0.4, 0.5) is 5.69 Å². The average molecular weight is 223 g/mol. The molecule has 0 bridgehead atoms. The van der Waals surface area contributed by atoms with E-state index in [9.17, 15) is 5.11 Å². The summed E-state index contributed by atoms with van der Waals surface area (Å²) in [6.07, 6.45) is -0.706. The third-order valence-electron chi connectivity index (χ3n) is 2.50. The van der Waals surface area contributed by atoms with Crippen molar-refractivity contribution in [2.24, 2.45) is 0 Å². The zero-order chi connectivity index (χ0) is 12.2. The number of anilines is 1. The van der Waals surface area contributed by atoms with E-state index in [1.54, 1.807) is 0 Å². The Morgan fingerprint density at radius 2 is 1.75 bits per heavy atom. The van der Waals surface area contributed by atoms with Crippen LogP contribution in [0.25, 0.3) is 0 Å². The van der Waals surface area contributed by atoms with Crippen molar-refractivity contribution in [3.05, 3.63) is 29.8 Å². The van der Waals surface area contributed by atoms with Gasteiger partial charge >= 0.3 is 0 Å². The van der Waals surface area contributed by atoms with Gasteiger partial charge in [-0.25, -0.2) is 0 Å². The van der Waals surface area contributed by atoms with E-state index in [1.165, 1.54) is 5.56 Å². The van der Waals surface area contributed by atoms with Crippen molar-refractivity contribution in [3.63, 3.8) is 0 Å². The second-order valence-electron chi connectivity index (χ2n) is 5.04. The second kappa shape index (κ2) is 5.32. The lowest BCUT2D eigenvalue weighted by Gasteiger charge is -2.19. The van der Waals surface area contributed by atoms with Crippen LogP contribution in [0, 0.1) is 0 Å². The van der Waals surface area contributed by atoms with E-state index >= 15 is 0 Å². The summed E-state index contributed by atoms with van der Waals surface area (Å²) in [6, 6.07) is 8.14. The van der Waals surface area contributed by atoms with Crippen LogP contribution in [-0.4, -0.2) is 29.5 Å². The van der Waals surface area contributed by atoms with E-state index in [4.69, 9.17) is 5.11 Å². The molecule has 90 valence electrons. The summed E-state index contributed by atoms with van der Waals surface area (Å²) in [5, 5.41) is 20.9. The highest BCUT2D eigenvalue weighted by Crippen LogP contribution is 2.23. The van der Waals surface area contributed by atoms with Gasteiger partial charge in [-0.3, -0.25) is 0 Å². The van der Waals surface area contributed by atoms with Gasteiger partial charge in [0.05, 0.1) is 12.7 Å². The molecule has 0 saturated heterocycles. The highest BCUT2D eigenvalue weighted by molar-refractivity contribution is 5.45. The number of hydrogen-bond donors (Lipinski definition) is 3. The van der Waals surface area contributed by atoms with Crippen LogP contribution < -0.4 is 5.32 Å². The third-order valence-corrected chi connectivity index (χ3v) is 2.50. The maximum atomic E-state index is 9.19. The normalized spacial score (nSPS) is 13.6. The van der Waals surface area contributed by atoms with Crippen LogP contribution in [0.3, 0.4) is 0 Å². The molecule has 0 saturated carbocycles.